The Hall–Kier alpha value is -3.43. The zero-order valence-corrected chi connectivity index (χ0v) is 26.9. The first kappa shape index (κ1) is 30.2. The van der Waals surface area contributed by atoms with Crippen LogP contribution < -0.4 is 0 Å². The van der Waals surface area contributed by atoms with Gasteiger partial charge in [0.05, 0.1) is 45.6 Å². The average Bonchev–Trinajstić information content (AvgIpc) is 3.41. The van der Waals surface area contributed by atoms with E-state index in [4.69, 9.17) is 9.72 Å². The maximum Gasteiger partial charge on any atom is 0.335 e. The zero-order chi connectivity index (χ0) is 31.1. The van der Waals surface area contributed by atoms with E-state index in [-0.39, 0.29) is 5.92 Å². The van der Waals surface area contributed by atoms with E-state index >= 15 is 0 Å². The molecule has 7 rings (SSSR count). The van der Waals surface area contributed by atoms with Crippen LogP contribution in [0.25, 0.3) is 32.6 Å². The number of aromatic nitrogens is 2. The van der Waals surface area contributed by atoms with Gasteiger partial charge in [0.2, 0.25) is 0 Å². The van der Waals surface area contributed by atoms with Crippen molar-refractivity contribution in [3.05, 3.63) is 81.5 Å². The van der Waals surface area contributed by atoms with E-state index in [1.54, 1.807) is 17.4 Å². The molecule has 4 aromatic rings. The SMILES string of the molecule is Cc1nc(C)c(-c2ccc3cc(C4=C(C5CCCCC5)c5ccc(C(=O)O)cc5C(CC(O)N5CCOCC5)C4)ccc3n2)s1. The van der Waals surface area contributed by atoms with Crippen LogP contribution in [-0.2, 0) is 4.74 Å². The molecule has 0 amide bonds. The van der Waals surface area contributed by atoms with Gasteiger partial charge in [0, 0.05) is 18.5 Å². The summed E-state index contributed by atoms with van der Waals surface area (Å²) in [5, 5.41) is 23.5. The van der Waals surface area contributed by atoms with Gasteiger partial charge in [-0.1, -0.05) is 37.5 Å². The summed E-state index contributed by atoms with van der Waals surface area (Å²) in [6.07, 6.45) is 6.67. The Morgan fingerprint density at radius 2 is 1.82 bits per heavy atom. The van der Waals surface area contributed by atoms with Crippen molar-refractivity contribution in [1.82, 2.24) is 14.9 Å². The average molecular weight is 624 g/mol. The molecule has 0 radical (unpaired) electrons. The smallest absolute Gasteiger partial charge is 0.335 e. The quantitative estimate of drug-likeness (QED) is 0.218. The number of carbonyl (C=O) groups is 1. The van der Waals surface area contributed by atoms with Crippen LogP contribution in [0.2, 0.25) is 0 Å². The van der Waals surface area contributed by atoms with Crippen molar-refractivity contribution in [2.75, 3.05) is 26.3 Å². The van der Waals surface area contributed by atoms with Crippen LogP contribution in [0.1, 0.15) is 88.6 Å². The topological polar surface area (TPSA) is 95.8 Å². The van der Waals surface area contributed by atoms with Crippen molar-refractivity contribution in [3.63, 3.8) is 0 Å². The van der Waals surface area contributed by atoms with Crippen molar-refractivity contribution in [1.29, 1.82) is 0 Å². The molecule has 234 valence electrons. The molecule has 1 aliphatic heterocycles. The molecule has 0 spiro atoms. The minimum Gasteiger partial charge on any atom is -0.478 e. The number of fused-ring (bicyclic) bond motifs is 2. The molecule has 8 heteroatoms. The van der Waals surface area contributed by atoms with Gasteiger partial charge < -0.3 is 14.9 Å². The molecule has 2 aromatic carbocycles. The van der Waals surface area contributed by atoms with Crippen LogP contribution in [0.15, 0.2) is 48.5 Å². The summed E-state index contributed by atoms with van der Waals surface area (Å²) in [7, 11) is 0. The summed E-state index contributed by atoms with van der Waals surface area (Å²) in [5.41, 5.74) is 9.37. The molecule has 2 fully saturated rings. The summed E-state index contributed by atoms with van der Waals surface area (Å²) in [6.45, 7) is 6.71. The third kappa shape index (κ3) is 6.09. The lowest BCUT2D eigenvalue weighted by Gasteiger charge is -2.38. The summed E-state index contributed by atoms with van der Waals surface area (Å²) >= 11 is 1.68. The van der Waals surface area contributed by atoms with E-state index in [9.17, 15) is 15.0 Å². The number of aliphatic hydroxyl groups excluding tert-OH is 1. The fourth-order valence-corrected chi connectivity index (χ4v) is 8.63. The van der Waals surface area contributed by atoms with Gasteiger partial charge >= 0.3 is 5.97 Å². The third-order valence-electron chi connectivity index (χ3n) is 9.95. The molecule has 0 bridgehead atoms. The molecule has 2 aromatic heterocycles. The monoisotopic (exact) mass is 623 g/mol. The highest BCUT2D eigenvalue weighted by atomic mass is 32.1. The molecular formula is C37H41N3O4S. The first-order valence-electron chi connectivity index (χ1n) is 16.3. The number of hydrogen-bond donors (Lipinski definition) is 2. The van der Waals surface area contributed by atoms with Gasteiger partial charge in [-0.25, -0.2) is 14.8 Å². The molecule has 1 saturated carbocycles. The van der Waals surface area contributed by atoms with E-state index in [1.165, 1.54) is 36.0 Å². The number of aromatic carboxylic acids is 1. The second kappa shape index (κ2) is 12.8. The highest BCUT2D eigenvalue weighted by Crippen LogP contribution is 2.51. The molecule has 1 saturated heterocycles. The van der Waals surface area contributed by atoms with Gasteiger partial charge in [0.15, 0.2) is 0 Å². The van der Waals surface area contributed by atoms with Crippen LogP contribution in [0.4, 0.5) is 0 Å². The van der Waals surface area contributed by atoms with Crippen molar-refractivity contribution in [3.8, 4) is 10.6 Å². The highest BCUT2D eigenvalue weighted by Gasteiger charge is 2.34. The van der Waals surface area contributed by atoms with E-state index < -0.39 is 12.2 Å². The summed E-state index contributed by atoms with van der Waals surface area (Å²) in [6, 6.07) is 16.6. The Labute approximate surface area is 268 Å². The lowest BCUT2D eigenvalue weighted by Crippen LogP contribution is -2.44. The molecule has 7 nitrogen and oxygen atoms in total. The number of thiazole rings is 1. The van der Waals surface area contributed by atoms with Crippen LogP contribution in [0.3, 0.4) is 0 Å². The summed E-state index contributed by atoms with van der Waals surface area (Å²) in [5.74, 6) is -0.486. The first-order chi connectivity index (χ1) is 21.9. The number of allylic oxidation sites excluding steroid dienone is 2. The molecule has 2 aliphatic carbocycles. The van der Waals surface area contributed by atoms with Gasteiger partial charge in [-0.05, 0) is 110 Å². The van der Waals surface area contributed by atoms with Crippen molar-refractivity contribution < 1.29 is 19.7 Å². The predicted molar refractivity (Wildman–Crippen MR) is 179 cm³/mol. The zero-order valence-electron chi connectivity index (χ0n) is 26.1. The number of ether oxygens (including phenoxy) is 1. The maximum absolute atomic E-state index is 12.1. The number of benzene rings is 2. The number of aryl methyl sites for hydroxylation is 2. The van der Waals surface area contributed by atoms with Crippen LogP contribution in [-0.4, -0.2) is 63.6 Å². The molecule has 2 N–H and O–H groups in total. The van der Waals surface area contributed by atoms with Gasteiger partial charge in [0.25, 0.3) is 0 Å². The van der Waals surface area contributed by atoms with Gasteiger partial charge in [-0.15, -0.1) is 11.3 Å². The van der Waals surface area contributed by atoms with Crippen LogP contribution >= 0.6 is 11.3 Å². The molecule has 2 atom stereocenters. The number of hydrogen-bond acceptors (Lipinski definition) is 7. The lowest BCUT2D eigenvalue weighted by molar-refractivity contribution is -0.0641. The molecule has 3 heterocycles. The number of rotatable bonds is 7. The van der Waals surface area contributed by atoms with Crippen molar-refractivity contribution in [2.45, 2.75) is 70.9 Å². The normalized spacial score (nSPS) is 20.4. The summed E-state index contributed by atoms with van der Waals surface area (Å²) < 4.78 is 5.54. The Bertz CT molecular complexity index is 1770. The molecule has 2 unspecified atom stereocenters. The number of carboxylic acid groups (broad SMARTS) is 1. The molecule has 3 aliphatic rings. The number of morpholine rings is 1. The second-order valence-corrected chi connectivity index (χ2v) is 14.1. The highest BCUT2D eigenvalue weighted by molar-refractivity contribution is 7.15. The molecular weight excluding hydrogens is 582 g/mol. The first-order valence-corrected chi connectivity index (χ1v) is 17.1. The second-order valence-electron chi connectivity index (χ2n) is 12.9. The Balaban J connectivity index is 1.33. The van der Waals surface area contributed by atoms with Gasteiger partial charge in [-0.2, -0.15) is 0 Å². The number of pyridine rings is 1. The fraction of sp³-hybridized carbons (Fsp3) is 0.432. The van der Waals surface area contributed by atoms with Crippen molar-refractivity contribution in [2.24, 2.45) is 5.92 Å². The van der Waals surface area contributed by atoms with Crippen LogP contribution in [0, 0.1) is 19.8 Å². The Kier molecular flexibility index (Phi) is 8.57. The predicted octanol–water partition coefficient (Wildman–Crippen LogP) is 7.69. The standard InChI is InChI=1S/C37H41N3O4S/c1-22-36(45-23(2)38-22)33-13-10-26-18-25(9-12-32(26)39-33)31-20-28(21-34(41)40-14-16-44-17-15-40)30-19-27(37(42)43)8-11-29(30)35(31)24-6-4-3-5-7-24/h8-13,18-19,24,28,34,41H,3-7,14-17,20-21H2,1-2H3,(H,42,43). The fourth-order valence-electron chi connectivity index (χ4n) is 7.74. The lowest BCUT2D eigenvalue weighted by atomic mass is 9.68. The van der Waals surface area contributed by atoms with E-state index in [2.05, 4.69) is 40.2 Å². The number of carboxylic acids is 1. The molecule has 45 heavy (non-hydrogen) atoms. The van der Waals surface area contributed by atoms with E-state index in [0.717, 1.165) is 62.6 Å². The Morgan fingerprint density at radius 1 is 1.02 bits per heavy atom. The van der Waals surface area contributed by atoms with Crippen molar-refractivity contribution >= 4 is 39.4 Å². The number of nitrogens with zero attached hydrogens (tertiary/aromatic N) is 3. The largest absolute Gasteiger partial charge is 0.478 e. The van der Waals surface area contributed by atoms with E-state index in [0.29, 0.717) is 44.2 Å². The third-order valence-corrected chi connectivity index (χ3v) is 11.0. The van der Waals surface area contributed by atoms with Gasteiger partial charge in [-0.3, -0.25) is 4.90 Å². The minimum absolute atomic E-state index is 0.00627. The minimum atomic E-state index is -0.913. The maximum atomic E-state index is 12.1. The van der Waals surface area contributed by atoms with Crippen LogP contribution in [0.5, 0.6) is 0 Å². The summed E-state index contributed by atoms with van der Waals surface area (Å²) in [4.78, 5) is 24.9. The Morgan fingerprint density at radius 3 is 2.56 bits per heavy atom. The van der Waals surface area contributed by atoms with E-state index in [1.807, 2.05) is 26.0 Å². The number of aliphatic hydroxyl groups is 1. The van der Waals surface area contributed by atoms with Gasteiger partial charge in [0.1, 0.15) is 6.23 Å².